The van der Waals surface area contributed by atoms with Crippen molar-refractivity contribution in [2.24, 2.45) is 17.4 Å². The van der Waals surface area contributed by atoms with E-state index in [2.05, 4.69) is 52.5 Å². The molecule has 15 N–H and O–H groups in total. The largest absolute Gasteiger partial charge is 0.508 e. The summed E-state index contributed by atoms with van der Waals surface area (Å²) in [5, 5.41) is 39.2. The van der Waals surface area contributed by atoms with Gasteiger partial charge in [0.25, 0.3) is 0 Å². The number of aliphatic carboxylic acids is 1. The highest BCUT2D eigenvalue weighted by Gasteiger charge is 2.33. The van der Waals surface area contributed by atoms with E-state index in [-0.39, 0.29) is 43.8 Å². The van der Waals surface area contributed by atoms with Crippen LogP contribution in [0.5, 0.6) is 5.75 Å². The maximum absolute atomic E-state index is 14.1. The van der Waals surface area contributed by atoms with Gasteiger partial charge >= 0.3 is 5.97 Å². The Morgan fingerprint density at radius 2 is 1.03 bits per heavy atom. The lowest BCUT2D eigenvalue weighted by atomic mass is 10.0. The number of primary amides is 1. The molecule has 0 fully saturated rings. The van der Waals surface area contributed by atoms with Crippen molar-refractivity contribution in [1.82, 2.24) is 52.5 Å². The van der Waals surface area contributed by atoms with Crippen LogP contribution in [0.1, 0.15) is 56.0 Å². The Hall–Kier alpha value is -8.67. The van der Waals surface area contributed by atoms with E-state index in [1.54, 1.807) is 56.3 Å². The van der Waals surface area contributed by atoms with Crippen LogP contribution in [-0.2, 0) is 73.6 Å². The summed E-state index contributed by atoms with van der Waals surface area (Å²) < 4.78 is 0. The summed E-state index contributed by atoms with van der Waals surface area (Å²) in [6.45, 7) is 3.44. The van der Waals surface area contributed by atoms with Crippen LogP contribution in [0.4, 0.5) is 0 Å². The summed E-state index contributed by atoms with van der Waals surface area (Å²) in [5.41, 5.74) is 13.9. The Bertz CT molecular complexity index is 2550. The summed E-state index contributed by atoms with van der Waals surface area (Å²) in [7, 11) is 0. The van der Waals surface area contributed by atoms with Crippen LogP contribution in [0.2, 0.25) is 0 Å². The lowest BCUT2D eigenvalue weighted by Crippen LogP contribution is -2.59. The molecule has 0 aliphatic carbocycles. The number of phenols is 1. The fourth-order valence-corrected chi connectivity index (χ4v) is 7.34. The van der Waals surface area contributed by atoms with Crippen LogP contribution >= 0.6 is 0 Å². The van der Waals surface area contributed by atoms with Gasteiger partial charge in [0.2, 0.25) is 53.2 Å². The molecule has 9 amide bonds. The molecule has 0 saturated heterocycles. The quantitative estimate of drug-likeness (QED) is 0.0277. The lowest BCUT2D eigenvalue weighted by molar-refractivity contribution is -0.142. The van der Waals surface area contributed by atoms with Gasteiger partial charge in [-0.1, -0.05) is 86.6 Å². The molecule has 0 aliphatic heterocycles. The number of benzene rings is 3. The van der Waals surface area contributed by atoms with Crippen molar-refractivity contribution in [3.05, 3.63) is 120 Å². The van der Waals surface area contributed by atoms with Crippen LogP contribution in [0, 0.1) is 5.92 Å². The third-order valence-electron chi connectivity index (χ3n) is 11.2. The number of carboxylic acids is 1. The van der Waals surface area contributed by atoms with Crippen LogP contribution < -0.4 is 54.0 Å². The van der Waals surface area contributed by atoms with Crippen molar-refractivity contribution in [2.45, 2.75) is 102 Å². The summed E-state index contributed by atoms with van der Waals surface area (Å²) in [4.78, 5) is 138. The average Bonchev–Trinajstić information content (AvgIpc) is 3.88. The maximum atomic E-state index is 14.1. The minimum absolute atomic E-state index is 0.0705. The molecular formula is C50H64N12O12. The van der Waals surface area contributed by atoms with E-state index in [4.69, 9.17) is 11.5 Å². The monoisotopic (exact) mass is 1020 g/mol. The zero-order valence-electron chi connectivity index (χ0n) is 41.1. The number of carboxylic acid groups (broad SMARTS) is 1. The lowest BCUT2D eigenvalue weighted by Gasteiger charge is -2.26. The topological polar surface area (TPSA) is 388 Å². The Labute approximate surface area is 426 Å². The molecule has 1 heterocycles. The zero-order valence-corrected chi connectivity index (χ0v) is 41.1. The maximum Gasteiger partial charge on any atom is 0.326 e. The normalized spacial score (nSPS) is 13.7. The van der Waals surface area contributed by atoms with Crippen LogP contribution in [0.3, 0.4) is 0 Å². The second-order valence-corrected chi connectivity index (χ2v) is 17.9. The summed E-state index contributed by atoms with van der Waals surface area (Å²) in [5.74, 6) is -9.39. The third-order valence-corrected chi connectivity index (χ3v) is 11.2. The van der Waals surface area contributed by atoms with Crippen LogP contribution in [-0.4, -0.2) is 135 Å². The fourth-order valence-electron chi connectivity index (χ4n) is 7.34. The second kappa shape index (κ2) is 29.0. The number of aromatic hydroxyl groups is 1. The van der Waals surface area contributed by atoms with Crippen LogP contribution in [0.15, 0.2) is 97.5 Å². The number of carbonyl (C=O) groups is 10. The molecule has 0 spiro atoms. The molecule has 4 rings (SSSR count). The van der Waals surface area contributed by atoms with Crippen molar-refractivity contribution in [3.63, 3.8) is 0 Å². The smallest absolute Gasteiger partial charge is 0.326 e. The average molecular weight is 1030 g/mol. The molecular weight excluding hydrogens is 961 g/mol. The van der Waals surface area contributed by atoms with E-state index in [9.17, 15) is 58.2 Å². The first-order valence-corrected chi connectivity index (χ1v) is 23.6. The number of aromatic nitrogens is 2. The minimum Gasteiger partial charge on any atom is -0.508 e. The van der Waals surface area contributed by atoms with E-state index < -0.39 is 121 Å². The van der Waals surface area contributed by atoms with Crippen molar-refractivity contribution in [1.29, 1.82) is 0 Å². The van der Waals surface area contributed by atoms with E-state index in [1.807, 2.05) is 18.2 Å². The SMILES string of the molecule is CC(C)C[C@H](NC(=O)[C@H](Cc1cnc[nH]1)NC(=O)[C@H](Cc1ccc(O)cc1)NC(=O)[C@H](CC(N)=O)NC(=O)CNC(=O)[C@H](C)NC(=O)CNC(=O)[C@H](Cc1ccccc1)NC(=O)[C@@H](N)Cc1ccccc1)C(=O)O. The van der Waals surface area contributed by atoms with Gasteiger partial charge < -0.3 is 69.2 Å². The molecule has 0 unspecified atom stereocenters. The van der Waals surface area contributed by atoms with Gasteiger partial charge in [0.1, 0.15) is 42.0 Å². The van der Waals surface area contributed by atoms with Crippen molar-refractivity contribution >= 4 is 59.1 Å². The molecule has 24 nitrogen and oxygen atoms in total. The minimum atomic E-state index is -1.71. The molecule has 4 aromatic rings. The number of hydrogen-bond acceptors (Lipinski definition) is 13. The molecule has 24 heteroatoms. The van der Waals surface area contributed by atoms with E-state index in [1.165, 1.54) is 43.7 Å². The fraction of sp³-hybridized carbons (Fsp3) is 0.380. The molecule has 0 bridgehead atoms. The highest BCUT2D eigenvalue weighted by Crippen LogP contribution is 2.13. The number of H-pyrrole nitrogens is 1. The number of amides is 9. The predicted molar refractivity (Wildman–Crippen MR) is 267 cm³/mol. The number of phenolic OH excluding ortho intramolecular Hbond substituents is 1. The van der Waals surface area contributed by atoms with Gasteiger partial charge in [-0.3, -0.25) is 43.2 Å². The first kappa shape index (κ1) is 57.9. The molecule has 1 aromatic heterocycles. The molecule has 0 saturated carbocycles. The van der Waals surface area contributed by atoms with E-state index in [0.29, 0.717) is 16.8 Å². The van der Waals surface area contributed by atoms with Gasteiger partial charge in [0.15, 0.2) is 0 Å². The summed E-state index contributed by atoms with van der Waals surface area (Å²) in [6.07, 6.45) is 1.87. The Morgan fingerprint density at radius 3 is 1.55 bits per heavy atom. The zero-order chi connectivity index (χ0) is 54.3. The number of rotatable bonds is 29. The van der Waals surface area contributed by atoms with E-state index >= 15 is 0 Å². The highest BCUT2D eigenvalue weighted by molar-refractivity contribution is 5.98. The number of aromatic amines is 1. The van der Waals surface area contributed by atoms with E-state index in [0.717, 1.165) is 5.56 Å². The molecule has 74 heavy (non-hydrogen) atoms. The first-order chi connectivity index (χ1) is 35.2. The summed E-state index contributed by atoms with van der Waals surface area (Å²) >= 11 is 0. The third kappa shape index (κ3) is 20.2. The van der Waals surface area contributed by atoms with Gasteiger partial charge in [-0.2, -0.15) is 0 Å². The van der Waals surface area contributed by atoms with Crippen molar-refractivity contribution in [3.8, 4) is 5.75 Å². The molecule has 3 aromatic carbocycles. The highest BCUT2D eigenvalue weighted by atomic mass is 16.4. The van der Waals surface area contributed by atoms with Gasteiger partial charge in [0, 0.05) is 31.2 Å². The Kier molecular flexibility index (Phi) is 22.7. The number of nitrogens with zero attached hydrogens (tertiary/aromatic N) is 1. The molecule has 0 radical (unpaired) electrons. The standard InChI is InChI=1S/C50H64N12O12/c1-28(2)18-40(50(73)74)62-48(71)38(22-33-24-53-27-56-33)61-47(70)37(21-32-14-16-34(63)17-15-32)60-49(72)39(23-41(52)64)58-43(66)26-54-44(67)29(3)57-42(65)25-55-46(69)36(20-31-12-8-5-9-13-31)59-45(68)35(51)19-30-10-6-4-7-11-30/h4-17,24,27-29,35-40,63H,18-23,25-26,51H2,1-3H3,(H2,52,64)(H,53,56)(H,54,67)(H,55,69)(H,57,65)(H,58,66)(H,59,68)(H,60,72)(H,61,70)(H,62,71)(H,73,74)/t29-,35-,36-,37-,38-,39-,40-/m0/s1. The Morgan fingerprint density at radius 1 is 0.554 bits per heavy atom. The molecule has 7 atom stereocenters. The number of imidazole rings is 1. The molecule has 396 valence electrons. The molecule has 0 aliphatic rings. The number of nitrogens with two attached hydrogens (primary N) is 2. The van der Waals surface area contributed by atoms with Gasteiger partial charge in [0.05, 0.1) is 31.9 Å². The van der Waals surface area contributed by atoms with Gasteiger partial charge in [-0.25, -0.2) is 9.78 Å². The first-order valence-electron chi connectivity index (χ1n) is 23.6. The number of carbonyl (C=O) groups excluding carboxylic acids is 9. The van der Waals surface area contributed by atoms with Gasteiger partial charge in [-0.05, 0) is 54.5 Å². The summed E-state index contributed by atoms with van der Waals surface area (Å²) in [6, 6.07) is 14.2. The van der Waals surface area contributed by atoms with Crippen molar-refractivity contribution < 1.29 is 58.2 Å². The Balaban J connectivity index is 1.37. The number of nitrogens with one attached hydrogen (secondary N) is 9. The van der Waals surface area contributed by atoms with Crippen molar-refractivity contribution in [2.75, 3.05) is 13.1 Å². The number of hydrogen-bond donors (Lipinski definition) is 13. The van der Waals surface area contributed by atoms with Gasteiger partial charge in [-0.15, -0.1) is 0 Å². The van der Waals surface area contributed by atoms with Crippen LogP contribution in [0.25, 0.3) is 0 Å². The second-order valence-electron chi connectivity index (χ2n) is 17.9. The predicted octanol–water partition coefficient (Wildman–Crippen LogP) is -2.12.